The molecule has 7 nitrogen and oxygen atoms in total. The zero-order chi connectivity index (χ0) is 20.1. The Morgan fingerprint density at radius 2 is 1.67 bits per heavy atom. The van der Waals surface area contributed by atoms with E-state index in [0.717, 1.165) is 5.56 Å². The number of nitrogens with one attached hydrogen (secondary N) is 1. The number of methoxy groups -OCH3 is 1. The molecule has 8 heteroatoms. The summed E-state index contributed by atoms with van der Waals surface area (Å²) >= 11 is 0. The lowest BCUT2D eigenvalue weighted by molar-refractivity contribution is -0.144. The van der Waals surface area contributed by atoms with Crippen molar-refractivity contribution < 1.29 is 27.3 Å². The fourth-order valence-corrected chi connectivity index (χ4v) is 3.18. The first-order valence-corrected chi connectivity index (χ1v) is 9.58. The van der Waals surface area contributed by atoms with E-state index in [4.69, 9.17) is 9.29 Å². The van der Waals surface area contributed by atoms with Crippen LogP contribution in [0.2, 0.25) is 0 Å². The molecule has 2 rings (SSSR count). The zero-order valence-corrected chi connectivity index (χ0v) is 15.8. The van der Waals surface area contributed by atoms with Gasteiger partial charge >= 0.3 is 0 Å². The highest BCUT2D eigenvalue weighted by Gasteiger charge is 2.38. The van der Waals surface area contributed by atoms with E-state index >= 15 is 0 Å². The number of carbonyl (C=O) groups is 2. The molecule has 2 N–H and O–H groups in total. The monoisotopic (exact) mass is 391 g/mol. The smallest absolute Gasteiger partial charge is 0.294 e. The van der Waals surface area contributed by atoms with E-state index in [-0.39, 0.29) is 23.5 Å². The molecule has 144 valence electrons. The van der Waals surface area contributed by atoms with Crippen molar-refractivity contribution in [1.82, 2.24) is 0 Å². The summed E-state index contributed by atoms with van der Waals surface area (Å²) in [4.78, 5) is 24.4. The minimum absolute atomic E-state index is 0.201. The van der Waals surface area contributed by atoms with Crippen molar-refractivity contribution in [3.8, 4) is 0 Å². The summed E-state index contributed by atoms with van der Waals surface area (Å²) < 4.78 is 36.5. The Labute approximate surface area is 158 Å². The molecule has 0 aliphatic heterocycles. The van der Waals surface area contributed by atoms with Crippen LogP contribution in [0.4, 0.5) is 5.69 Å². The van der Waals surface area contributed by atoms with Gasteiger partial charge in [0.2, 0.25) is 5.91 Å². The zero-order valence-electron chi connectivity index (χ0n) is 15.0. The summed E-state index contributed by atoms with van der Waals surface area (Å²) in [5.41, 5.74) is -0.111. The van der Waals surface area contributed by atoms with Crippen LogP contribution in [0.3, 0.4) is 0 Å². The molecule has 1 unspecified atom stereocenters. The second-order valence-electron chi connectivity index (χ2n) is 6.14. The summed E-state index contributed by atoms with van der Waals surface area (Å²) in [5.74, 6) is -0.728. The highest BCUT2D eigenvalue weighted by molar-refractivity contribution is 7.85. The number of hydrogen-bond donors (Lipinski definition) is 2. The van der Waals surface area contributed by atoms with Gasteiger partial charge in [0.1, 0.15) is 5.60 Å². The van der Waals surface area contributed by atoms with Gasteiger partial charge < -0.3 is 10.1 Å². The molecule has 0 fully saturated rings. The van der Waals surface area contributed by atoms with E-state index in [0.29, 0.717) is 5.69 Å². The molecule has 0 spiro atoms. The maximum atomic E-state index is 12.5. The van der Waals surface area contributed by atoms with E-state index in [1.807, 2.05) is 30.3 Å². The largest absolute Gasteiger partial charge is 0.370 e. The molecule has 0 saturated carbocycles. The average molecular weight is 391 g/mol. The lowest BCUT2D eigenvalue weighted by Gasteiger charge is -2.29. The molecule has 0 bridgehead atoms. The van der Waals surface area contributed by atoms with Gasteiger partial charge in [-0.1, -0.05) is 30.3 Å². The summed E-state index contributed by atoms with van der Waals surface area (Å²) in [6.45, 7) is 1.38. The van der Waals surface area contributed by atoms with Crippen LogP contribution in [0.15, 0.2) is 59.5 Å². The average Bonchev–Trinajstić information content (AvgIpc) is 2.61. The number of rotatable bonds is 8. The minimum atomic E-state index is -4.30. The van der Waals surface area contributed by atoms with Gasteiger partial charge in [-0.2, -0.15) is 8.42 Å². The van der Waals surface area contributed by atoms with Crippen molar-refractivity contribution >= 4 is 27.5 Å². The number of hydrogen-bond acceptors (Lipinski definition) is 5. The molecule has 0 aliphatic carbocycles. The molecule has 27 heavy (non-hydrogen) atoms. The molecule has 0 aliphatic rings. The van der Waals surface area contributed by atoms with E-state index < -0.39 is 21.6 Å². The predicted molar refractivity (Wildman–Crippen MR) is 100 cm³/mol. The summed E-state index contributed by atoms with van der Waals surface area (Å²) in [6.07, 6.45) is 0.0442. The summed E-state index contributed by atoms with van der Waals surface area (Å²) in [6, 6.07) is 14.3. The minimum Gasteiger partial charge on any atom is -0.370 e. The van der Waals surface area contributed by atoms with Gasteiger partial charge in [0.25, 0.3) is 10.1 Å². The number of amides is 1. The lowest BCUT2D eigenvalue weighted by atomic mass is 9.87. The van der Waals surface area contributed by atoms with Crippen LogP contribution in [0.5, 0.6) is 0 Å². The third kappa shape index (κ3) is 5.46. The van der Waals surface area contributed by atoms with Gasteiger partial charge in [0, 0.05) is 19.2 Å². The van der Waals surface area contributed by atoms with Crippen molar-refractivity contribution in [3.63, 3.8) is 0 Å². The molecule has 1 atom stereocenters. The van der Waals surface area contributed by atoms with E-state index in [9.17, 15) is 18.0 Å². The molecule has 2 aromatic carbocycles. The van der Waals surface area contributed by atoms with Gasteiger partial charge in [-0.25, -0.2) is 0 Å². The molecule has 2 aromatic rings. The molecule has 0 aromatic heterocycles. The van der Waals surface area contributed by atoms with Gasteiger partial charge in [0.05, 0.1) is 11.3 Å². The molecular weight excluding hydrogens is 370 g/mol. The Morgan fingerprint density at radius 3 is 2.15 bits per heavy atom. The topological polar surface area (TPSA) is 110 Å². The van der Waals surface area contributed by atoms with Gasteiger partial charge in [-0.05, 0) is 36.8 Å². The number of anilines is 1. The van der Waals surface area contributed by atoms with Crippen molar-refractivity contribution in [2.24, 2.45) is 0 Å². The van der Waals surface area contributed by atoms with Crippen molar-refractivity contribution in [1.29, 1.82) is 0 Å². The van der Waals surface area contributed by atoms with Gasteiger partial charge in [-0.15, -0.1) is 0 Å². The highest BCUT2D eigenvalue weighted by Crippen LogP contribution is 2.24. The maximum Gasteiger partial charge on any atom is 0.294 e. The van der Waals surface area contributed by atoms with Crippen LogP contribution in [-0.4, -0.2) is 37.4 Å². The Morgan fingerprint density at radius 1 is 1.07 bits per heavy atom. The Kier molecular flexibility index (Phi) is 6.48. The Hall–Kier alpha value is -2.55. The third-order valence-corrected chi connectivity index (χ3v) is 5.11. The Balaban J connectivity index is 2.15. The van der Waals surface area contributed by atoms with Gasteiger partial charge in [0.15, 0.2) is 5.78 Å². The summed E-state index contributed by atoms with van der Waals surface area (Å²) in [5, 5.41) is 2.60. The normalized spacial score (nSPS) is 13.6. The van der Waals surface area contributed by atoms with Crippen LogP contribution in [-0.2, 0) is 30.9 Å². The number of ketones is 1. The van der Waals surface area contributed by atoms with Crippen LogP contribution < -0.4 is 5.32 Å². The van der Waals surface area contributed by atoms with Crippen molar-refractivity contribution in [3.05, 3.63) is 60.2 Å². The molecule has 0 heterocycles. The summed E-state index contributed by atoms with van der Waals surface area (Å²) in [7, 11) is -2.92. The van der Waals surface area contributed by atoms with Crippen molar-refractivity contribution in [2.45, 2.75) is 30.3 Å². The highest BCUT2D eigenvalue weighted by atomic mass is 32.2. The first kappa shape index (κ1) is 20.8. The first-order chi connectivity index (χ1) is 12.7. The van der Waals surface area contributed by atoms with Crippen LogP contribution >= 0.6 is 0 Å². The molecule has 0 radical (unpaired) electrons. The fourth-order valence-electron chi connectivity index (χ4n) is 2.70. The fraction of sp³-hybridized carbons (Fsp3) is 0.263. The SMILES string of the molecule is COC(CC(=O)Nc1ccc(S(=O)(=O)O)cc1)(Cc1ccccc1)C(C)=O. The maximum absolute atomic E-state index is 12.5. The number of carbonyl (C=O) groups excluding carboxylic acids is 2. The Bertz CT molecular complexity index is 909. The standard InChI is InChI=1S/C19H21NO6S/c1-14(21)19(26-2,12-15-6-4-3-5-7-15)13-18(22)20-16-8-10-17(11-9-16)27(23,24)25/h3-11H,12-13H2,1-2H3,(H,20,22)(H,23,24,25). The van der Waals surface area contributed by atoms with E-state index in [1.165, 1.54) is 38.3 Å². The lowest BCUT2D eigenvalue weighted by Crippen LogP contribution is -2.44. The van der Waals surface area contributed by atoms with Crippen LogP contribution in [0, 0.1) is 0 Å². The van der Waals surface area contributed by atoms with E-state index in [2.05, 4.69) is 5.32 Å². The number of ether oxygens (including phenoxy) is 1. The van der Waals surface area contributed by atoms with Crippen LogP contribution in [0.25, 0.3) is 0 Å². The number of Topliss-reactive ketones (excluding diaryl/α,β-unsaturated/α-hetero) is 1. The quantitative estimate of drug-likeness (QED) is 0.669. The molecule has 1 amide bonds. The van der Waals surface area contributed by atoms with Gasteiger partial charge in [-0.3, -0.25) is 14.1 Å². The van der Waals surface area contributed by atoms with E-state index in [1.54, 1.807) is 0 Å². The third-order valence-electron chi connectivity index (χ3n) is 4.25. The second-order valence-corrected chi connectivity index (χ2v) is 7.56. The molecule has 0 saturated heterocycles. The first-order valence-electron chi connectivity index (χ1n) is 8.14. The van der Waals surface area contributed by atoms with Crippen LogP contribution in [0.1, 0.15) is 18.9 Å². The number of benzene rings is 2. The second kappa shape index (κ2) is 8.43. The molecular formula is C19H21NO6S. The van der Waals surface area contributed by atoms with Crippen molar-refractivity contribution in [2.75, 3.05) is 12.4 Å². The predicted octanol–water partition coefficient (Wildman–Crippen LogP) is 2.48.